The number of hydrogen-bond acceptors (Lipinski definition) is 2. The normalized spacial score (nSPS) is 17.6. The third-order valence-electron chi connectivity index (χ3n) is 5.09. The lowest BCUT2D eigenvalue weighted by Gasteiger charge is -2.34. The number of nitrogens with zero attached hydrogens (tertiary/aromatic N) is 1. The van der Waals surface area contributed by atoms with Crippen LogP contribution >= 0.6 is 0 Å². The highest BCUT2D eigenvalue weighted by molar-refractivity contribution is 5.27. The van der Waals surface area contributed by atoms with E-state index in [0.717, 1.165) is 18.2 Å². The first-order valence-electron chi connectivity index (χ1n) is 9.10. The van der Waals surface area contributed by atoms with Crippen LogP contribution in [-0.4, -0.2) is 24.6 Å². The summed E-state index contributed by atoms with van der Waals surface area (Å²) >= 11 is 0. The van der Waals surface area contributed by atoms with Crippen molar-refractivity contribution in [3.63, 3.8) is 0 Å². The maximum atomic E-state index is 5.27. The third kappa shape index (κ3) is 5.31. The van der Waals surface area contributed by atoms with Gasteiger partial charge in [-0.25, -0.2) is 0 Å². The molecule has 1 unspecified atom stereocenters. The number of benzene rings is 1. The van der Waals surface area contributed by atoms with Crippen molar-refractivity contribution in [1.82, 2.24) is 4.90 Å². The van der Waals surface area contributed by atoms with Crippen LogP contribution in [0.4, 0.5) is 0 Å². The molecule has 1 aromatic rings. The maximum absolute atomic E-state index is 5.27. The van der Waals surface area contributed by atoms with E-state index in [0.29, 0.717) is 6.04 Å². The number of hydrogen-bond donors (Lipinski definition) is 0. The average Bonchev–Trinajstić information content (AvgIpc) is 2.56. The predicted octanol–water partition coefficient (Wildman–Crippen LogP) is 5.27. The van der Waals surface area contributed by atoms with Gasteiger partial charge in [0.2, 0.25) is 0 Å². The highest BCUT2D eigenvalue weighted by Gasteiger charge is 2.20. The van der Waals surface area contributed by atoms with Gasteiger partial charge in [0, 0.05) is 19.1 Å². The first-order chi connectivity index (χ1) is 10.7. The fourth-order valence-corrected chi connectivity index (χ4v) is 3.67. The average molecular weight is 303 g/mol. The molecule has 0 aromatic heterocycles. The highest BCUT2D eigenvalue weighted by atomic mass is 16.5. The Morgan fingerprint density at radius 1 is 1.14 bits per heavy atom. The van der Waals surface area contributed by atoms with Crippen LogP contribution in [0, 0.1) is 5.92 Å². The predicted molar refractivity (Wildman–Crippen MR) is 94.3 cm³/mol. The molecule has 1 aromatic carbocycles. The van der Waals surface area contributed by atoms with E-state index < -0.39 is 0 Å². The Bertz CT molecular complexity index is 408. The van der Waals surface area contributed by atoms with Crippen molar-refractivity contribution in [1.29, 1.82) is 0 Å². The summed E-state index contributed by atoms with van der Waals surface area (Å²) in [5.74, 6) is 1.86. The number of rotatable bonds is 8. The Morgan fingerprint density at radius 2 is 1.82 bits per heavy atom. The molecule has 0 bridgehead atoms. The van der Waals surface area contributed by atoms with Crippen LogP contribution in [-0.2, 0) is 6.54 Å². The summed E-state index contributed by atoms with van der Waals surface area (Å²) in [5.41, 5.74) is 1.40. The molecule has 0 aliphatic heterocycles. The van der Waals surface area contributed by atoms with E-state index in [1.54, 1.807) is 7.11 Å². The molecule has 2 rings (SSSR count). The van der Waals surface area contributed by atoms with Crippen LogP contribution in [0.3, 0.4) is 0 Å². The second kappa shape index (κ2) is 9.19. The molecular weight excluding hydrogens is 270 g/mol. The Hall–Kier alpha value is -1.02. The summed E-state index contributed by atoms with van der Waals surface area (Å²) < 4.78 is 5.27. The zero-order valence-electron chi connectivity index (χ0n) is 14.7. The van der Waals surface area contributed by atoms with E-state index >= 15 is 0 Å². The van der Waals surface area contributed by atoms with Crippen LogP contribution in [0.5, 0.6) is 5.75 Å². The van der Waals surface area contributed by atoms with Gasteiger partial charge in [-0.3, -0.25) is 4.90 Å². The van der Waals surface area contributed by atoms with Gasteiger partial charge in [-0.15, -0.1) is 0 Å². The minimum Gasteiger partial charge on any atom is -0.497 e. The standard InChI is InChI=1S/C20H33NO/c1-4-8-17(2)21(15-18-9-6-5-7-10-18)16-19-11-13-20(22-3)14-12-19/h11-14,17-18H,4-10,15-16H2,1-3H3. The summed E-state index contributed by atoms with van der Waals surface area (Å²) in [6.07, 6.45) is 9.73. The monoisotopic (exact) mass is 303 g/mol. The molecule has 124 valence electrons. The van der Waals surface area contributed by atoms with E-state index in [1.807, 2.05) is 0 Å². The van der Waals surface area contributed by atoms with Crippen LogP contribution in [0.15, 0.2) is 24.3 Å². The molecule has 1 saturated carbocycles. The molecule has 2 nitrogen and oxygen atoms in total. The minimum absolute atomic E-state index is 0.675. The SMILES string of the molecule is CCCC(C)N(Cc1ccc(OC)cc1)CC1CCCCC1. The molecule has 0 saturated heterocycles. The summed E-state index contributed by atoms with van der Waals surface area (Å²) in [7, 11) is 1.73. The Morgan fingerprint density at radius 3 is 2.41 bits per heavy atom. The Labute approximate surface area is 136 Å². The molecular formula is C20H33NO. The van der Waals surface area contributed by atoms with Crippen molar-refractivity contribution in [3.05, 3.63) is 29.8 Å². The molecule has 1 atom stereocenters. The van der Waals surface area contributed by atoms with E-state index in [9.17, 15) is 0 Å². The summed E-state index contributed by atoms with van der Waals surface area (Å²) in [6.45, 7) is 7.04. The summed E-state index contributed by atoms with van der Waals surface area (Å²) in [5, 5.41) is 0. The van der Waals surface area contributed by atoms with Crippen molar-refractivity contribution in [2.75, 3.05) is 13.7 Å². The molecule has 1 aliphatic carbocycles. The number of ether oxygens (including phenoxy) is 1. The molecule has 22 heavy (non-hydrogen) atoms. The first kappa shape index (κ1) is 17.3. The van der Waals surface area contributed by atoms with Gasteiger partial charge in [-0.1, -0.05) is 44.7 Å². The van der Waals surface area contributed by atoms with Crippen molar-refractivity contribution in [2.24, 2.45) is 5.92 Å². The van der Waals surface area contributed by atoms with Crippen molar-refractivity contribution in [2.45, 2.75) is 71.4 Å². The number of methoxy groups -OCH3 is 1. The van der Waals surface area contributed by atoms with Crippen LogP contribution < -0.4 is 4.74 Å². The van der Waals surface area contributed by atoms with Gasteiger partial charge in [-0.2, -0.15) is 0 Å². The van der Waals surface area contributed by atoms with Gasteiger partial charge < -0.3 is 4.74 Å². The topological polar surface area (TPSA) is 12.5 Å². The maximum Gasteiger partial charge on any atom is 0.118 e. The zero-order valence-corrected chi connectivity index (χ0v) is 14.7. The fourth-order valence-electron chi connectivity index (χ4n) is 3.67. The van der Waals surface area contributed by atoms with Crippen LogP contribution in [0.1, 0.15) is 64.4 Å². The largest absolute Gasteiger partial charge is 0.497 e. The third-order valence-corrected chi connectivity index (χ3v) is 5.09. The summed E-state index contributed by atoms with van der Waals surface area (Å²) in [6, 6.07) is 9.27. The molecule has 0 N–H and O–H groups in total. The first-order valence-corrected chi connectivity index (χ1v) is 9.10. The Balaban J connectivity index is 1.98. The van der Waals surface area contributed by atoms with Crippen LogP contribution in [0.25, 0.3) is 0 Å². The molecule has 1 aliphatic rings. The quantitative estimate of drug-likeness (QED) is 0.649. The molecule has 2 heteroatoms. The molecule has 0 radical (unpaired) electrons. The highest BCUT2D eigenvalue weighted by Crippen LogP contribution is 2.26. The molecule has 0 heterocycles. The smallest absolute Gasteiger partial charge is 0.118 e. The lowest BCUT2D eigenvalue weighted by molar-refractivity contribution is 0.143. The van der Waals surface area contributed by atoms with Gasteiger partial charge in [-0.05, 0) is 49.8 Å². The lowest BCUT2D eigenvalue weighted by Crippen LogP contribution is -2.37. The second-order valence-corrected chi connectivity index (χ2v) is 6.92. The Kier molecular flexibility index (Phi) is 7.24. The fraction of sp³-hybridized carbons (Fsp3) is 0.700. The van der Waals surface area contributed by atoms with Gasteiger partial charge in [0.15, 0.2) is 0 Å². The molecule has 1 fully saturated rings. The minimum atomic E-state index is 0.675. The summed E-state index contributed by atoms with van der Waals surface area (Å²) in [4.78, 5) is 2.71. The molecule has 0 amide bonds. The van der Waals surface area contributed by atoms with E-state index in [1.165, 1.54) is 57.1 Å². The second-order valence-electron chi connectivity index (χ2n) is 6.92. The lowest BCUT2D eigenvalue weighted by atomic mass is 9.88. The van der Waals surface area contributed by atoms with Crippen molar-refractivity contribution < 1.29 is 4.74 Å². The van der Waals surface area contributed by atoms with Gasteiger partial charge >= 0.3 is 0 Å². The van der Waals surface area contributed by atoms with E-state index in [4.69, 9.17) is 4.74 Å². The van der Waals surface area contributed by atoms with Crippen molar-refractivity contribution in [3.8, 4) is 5.75 Å². The van der Waals surface area contributed by atoms with E-state index in [2.05, 4.69) is 43.0 Å². The van der Waals surface area contributed by atoms with Gasteiger partial charge in [0.1, 0.15) is 5.75 Å². The molecule has 0 spiro atoms. The zero-order chi connectivity index (χ0) is 15.8. The van der Waals surface area contributed by atoms with E-state index in [-0.39, 0.29) is 0 Å². The van der Waals surface area contributed by atoms with Gasteiger partial charge in [0.25, 0.3) is 0 Å². The van der Waals surface area contributed by atoms with Crippen molar-refractivity contribution >= 4 is 0 Å². The van der Waals surface area contributed by atoms with Gasteiger partial charge in [0.05, 0.1) is 7.11 Å². The van der Waals surface area contributed by atoms with Crippen LogP contribution in [0.2, 0.25) is 0 Å².